The van der Waals surface area contributed by atoms with E-state index in [2.05, 4.69) is 22.0 Å². The molecule has 0 saturated carbocycles. The smallest absolute Gasteiger partial charge is 0.240 e. The minimum Gasteiger partial charge on any atom is -0.370 e. The Balaban J connectivity index is 0.00000338. The third-order valence-corrected chi connectivity index (χ3v) is 5.20. The van der Waals surface area contributed by atoms with Gasteiger partial charge in [-0.25, -0.2) is 18.1 Å². The van der Waals surface area contributed by atoms with Crippen LogP contribution in [0.2, 0.25) is 0 Å². The molecule has 0 heterocycles. The fourth-order valence-corrected chi connectivity index (χ4v) is 3.28. The molecular formula is C18H25IN4O2S. The van der Waals surface area contributed by atoms with Gasteiger partial charge in [-0.1, -0.05) is 38.1 Å². The van der Waals surface area contributed by atoms with Crippen LogP contribution in [0.5, 0.6) is 0 Å². The van der Waals surface area contributed by atoms with Crippen LogP contribution in [0.3, 0.4) is 0 Å². The molecule has 0 amide bonds. The first-order valence-corrected chi connectivity index (χ1v) is 9.67. The highest BCUT2D eigenvalue weighted by molar-refractivity contribution is 14.0. The molecule has 2 aromatic rings. The van der Waals surface area contributed by atoms with Gasteiger partial charge in [-0.2, -0.15) is 0 Å². The molecule has 0 bridgehead atoms. The van der Waals surface area contributed by atoms with Gasteiger partial charge >= 0.3 is 0 Å². The van der Waals surface area contributed by atoms with Crippen molar-refractivity contribution in [1.82, 2.24) is 4.72 Å². The van der Waals surface area contributed by atoms with E-state index in [9.17, 15) is 8.42 Å². The minimum atomic E-state index is -3.43. The number of nitrogens with two attached hydrogens (primary N) is 1. The molecule has 0 fully saturated rings. The summed E-state index contributed by atoms with van der Waals surface area (Å²) >= 11 is 0. The van der Waals surface area contributed by atoms with Crippen LogP contribution in [0.1, 0.15) is 25.0 Å². The summed E-state index contributed by atoms with van der Waals surface area (Å²) in [5, 5.41) is 3.04. The Morgan fingerprint density at radius 3 is 2.12 bits per heavy atom. The van der Waals surface area contributed by atoms with Crippen LogP contribution < -0.4 is 15.8 Å². The third-order valence-electron chi connectivity index (χ3n) is 3.63. The van der Waals surface area contributed by atoms with Gasteiger partial charge < -0.3 is 11.1 Å². The van der Waals surface area contributed by atoms with Crippen LogP contribution in [-0.4, -0.2) is 20.9 Å². The average molecular weight is 488 g/mol. The lowest BCUT2D eigenvalue weighted by Crippen LogP contribution is -2.23. The Bertz CT molecular complexity index is 819. The van der Waals surface area contributed by atoms with E-state index in [1.807, 2.05) is 24.3 Å². The van der Waals surface area contributed by atoms with E-state index in [0.29, 0.717) is 19.0 Å². The number of sulfonamides is 1. The lowest BCUT2D eigenvalue weighted by atomic mass is 10.1. The normalized spacial score (nSPS) is 11.7. The number of nitrogens with one attached hydrogen (secondary N) is 2. The van der Waals surface area contributed by atoms with Crippen molar-refractivity contribution < 1.29 is 8.42 Å². The maximum Gasteiger partial charge on any atom is 0.240 e. The third kappa shape index (κ3) is 6.58. The molecule has 4 N–H and O–H groups in total. The summed E-state index contributed by atoms with van der Waals surface area (Å²) in [4.78, 5) is 4.52. The van der Waals surface area contributed by atoms with Gasteiger partial charge in [0.1, 0.15) is 0 Å². The molecule has 0 aliphatic heterocycles. The highest BCUT2D eigenvalue weighted by Gasteiger charge is 2.11. The molecule has 0 spiro atoms. The minimum absolute atomic E-state index is 0. The molecule has 142 valence electrons. The molecule has 0 aliphatic carbocycles. The van der Waals surface area contributed by atoms with Crippen LogP contribution in [0, 0.1) is 0 Å². The SMILES string of the molecule is CCNS(=O)(=O)c1ccc(CN=C(N)Nc2ccc(CC)cc2)cc1.I. The summed E-state index contributed by atoms with van der Waals surface area (Å²) in [5.74, 6) is 0.314. The number of benzene rings is 2. The first-order chi connectivity index (χ1) is 11.9. The lowest BCUT2D eigenvalue weighted by molar-refractivity contribution is 0.584. The molecule has 0 saturated heterocycles. The van der Waals surface area contributed by atoms with Crippen molar-refractivity contribution in [2.45, 2.75) is 31.7 Å². The quantitative estimate of drug-likeness (QED) is 0.317. The summed E-state index contributed by atoms with van der Waals surface area (Å²) in [6.45, 7) is 4.57. The molecule has 0 aromatic heterocycles. The second-order valence-electron chi connectivity index (χ2n) is 5.52. The van der Waals surface area contributed by atoms with Crippen molar-refractivity contribution in [3.05, 3.63) is 59.7 Å². The Labute approximate surface area is 172 Å². The fourth-order valence-electron chi connectivity index (χ4n) is 2.24. The molecule has 0 radical (unpaired) electrons. The number of anilines is 1. The van der Waals surface area contributed by atoms with E-state index in [4.69, 9.17) is 5.73 Å². The second-order valence-corrected chi connectivity index (χ2v) is 7.29. The Kier molecular flexibility index (Phi) is 9.03. The molecule has 0 aliphatic rings. The van der Waals surface area contributed by atoms with Gasteiger partial charge in [0, 0.05) is 12.2 Å². The maximum absolute atomic E-state index is 11.9. The topological polar surface area (TPSA) is 96.6 Å². The number of hydrogen-bond donors (Lipinski definition) is 3. The number of rotatable bonds is 7. The zero-order valence-electron chi connectivity index (χ0n) is 14.9. The van der Waals surface area contributed by atoms with Crippen LogP contribution in [-0.2, 0) is 23.0 Å². The predicted octanol–water partition coefficient (Wildman–Crippen LogP) is 3.09. The van der Waals surface area contributed by atoms with Crippen molar-refractivity contribution in [2.75, 3.05) is 11.9 Å². The Morgan fingerprint density at radius 1 is 1.00 bits per heavy atom. The first kappa shape index (κ1) is 22.4. The van der Waals surface area contributed by atoms with Crippen LogP contribution in [0.15, 0.2) is 58.4 Å². The summed E-state index contributed by atoms with van der Waals surface area (Å²) in [6.07, 6.45) is 0.989. The van der Waals surface area contributed by atoms with Crippen molar-refractivity contribution in [1.29, 1.82) is 0 Å². The Morgan fingerprint density at radius 2 is 1.58 bits per heavy atom. The zero-order chi connectivity index (χ0) is 18.3. The molecule has 8 heteroatoms. The van der Waals surface area contributed by atoms with Crippen molar-refractivity contribution in [2.24, 2.45) is 10.7 Å². The number of guanidine groups is 1. The van der Waals surface area contributed by atoms with Gasteiger partial charge in [0.25, 0.3) is 0 Å². The van der Waals surface area contributed by atoms with E-state index in [1.54, 1.807) is 31.2 Å². The second kappa shape index (κ2) is 10.5. The van der Waals surface area contributed by atoms with Gasteiger partial charge in [0.15, 0.2) is 5.96 Å². The monoisotopic (exact) mass is 488 g/mol. The molecule has 26 heavy (non-hydrogen) atoms. The van der Waals surface area contributed by atoms with Gasteiger partial charge in [-0.15, -0.1) is 24.0 Å². The van der Waals surface area contributed by atoms with Crippen molar-refractivity contribution in [3.8, 4) is 0 Å². The molecular weight excluding hydrogens is 463 g/mol. The molecule has 6 nitrogen and oxygen atoms in total. The van der Waals surface area contributed by atoms with E-state index in [1.165, 1.54) is 5.56 Å². The van der Waals surface area contributed by atoms with Crippen LogP contribution in [0.4, 0.5) is 5.69 Å². The summed E-state index contributed by atoms with van der Waals surface area (Å²) < 4.78 is 26.2. The van der Waals surface area contributed by atoms with Gasteiger partial charge in [0.2, 0.25) is 10.0 Å². The summed E-state index contributed by atoms with van der Waals surface area (Å²) in [7, 11) is -3.43. The number of halogens is 1. The van der Waals surface area contributed by atoms with Gasteiger partial charge in [-0.05, 0) is 41.8 Å². The molecule has 0 atom stereocenters. The van der Waals surface area contributed by atoms with Crippen molar-refractivity contribution in [3.63, 3.8) is 0 Å². The van der Waals surface area contributed by atoms with E-state index >= 15 is 0 Å². The van der Waals surface area contributed by atoms with Crippen LogP contribution >= 0.6 is 24.0 Å². The van der Waals surface area contributed by atoms with Crippen molar-refractivity contribution >= 4 is 45.6 Å². The standard InChI is InChI=1S/C18H24N4O2S.HI/c1-3-14-5-9-16(10-6-14)22-18(19)20-13-15-7-11-17(12-8-15)25(23,24)21-4-2;/h5-12,21H,3-4,13H2,1-2H3,(H3,19,20,22);1H. The number of aliphatic imine (C=N–C) groups is 1. The molecule has 0 unspecified atom stereocenters. The van der Waals surface area contributed by atoms with E-state index in [0.717, 1.165) is 17.7 Å². The summed E-state index contributed by atoms with van der Waals surface area (Å²) in [5.41, 5.74) is 8.91. The number of aryl methyl sites for hydroxylation is 1. The largest absolute Gasteiger partial charge is 0.370 e. The average Bonchev–Trinajstić information content (AvgIpc) is 2.61. The van der Waals surface area contributed by atoms with Crippen LogP contribution in [0.25, 0.3) is 0 Å². The summed E-state index contributed by atoms with van der Waals surface area (Å²) in [6, 6.07) is 14.6. The maximum atomic E-state index is 11.9. The van der Waals surface area contributed by atoms with Gasteiger partial charge in [0.05, 0.1) is 11.4 Å². The predicted molar refractivity (Wildman–Crippen MR) is 117 cm³/mol. The fraction of sp³-hybridized carbons (Fsp3) is 0.278. The highest BCUT2D eigenvalue weighted by Crippen LogP contribution is 2.12. The van der Waals surface area contributed by atoms with E-state index < -0.39 is 10.0 Å². The molecule has 2 rings (SSSR count). The number of nitrogens with zero attached hydrogens (tertiary/aromatic N) is 1. The lowest BCUT2D eigenvalue weighted by Gasteiger charge is -2.07. The zero-order valence-corrected chi connectivity index (χ0v) is 18.0. The first-order valence-electron chi connectivity index (χ1n) is 8.19. The van der Waals surface area contributed by atoms with E-state index in [-0.39, 0.29) is 28.9 Å². The molecule has 2 aromatic carbocycles. The highest BCUT2D eigenvalue weighted by atomic mass is 127. The van der Waals surface area contributed by atoms with Gasteiger partial charge in [-0.3, -0.25) is 0 Å². The Hall–Kier alpha value is -1.65. The number of hydrogen-bond acceptors (Lipinski definition) is 3.